The highest BCUT2D eigenvalue weighted by Crippen LogP contribution is 2.46. The number of hydrogen-bond donors (Lipinski definition) is 0. The van der Waals surface area contributed by atoms with Gasteiger partial charge >= 0.3 is 0 Å². The van der Waals surface area contributed by atoms with E-state index in [2.05, 4.69) is 91.7 Å². The fourth-order valence-corrected chi connectivity index (χ4v) is 6.77. The van der Waals surface area contributed by atoms with E-state index >= 15 is 0 Å². The molecule has 0 radical (unpaired) electrons. The number of thiophene rings is 1. The van der Waals surface area contributed by atoms with Gasteiger partial charge in [-0.25, -0.2) is 4.57 Å². The molecule has 6 rings (SSSR count). The first-order valence-electron chi connectivity index (χ1n) is 11.5. The molecule has 0 unspecified atom stereocenters. The lowest BCUT2D eigenvalue weighted by Crippen LogP contribution is -2.30. The summed E-state index contributed by atoms with van der Waals surface area (Å²) in [5.41, 5.74) is 8.63. The molecule has 4 aromatic rings. The van der Waals surface area contributed by atoms with Crippen LogP contribution in [0.1, 0.15) is 73.1 Å². The molecule has 2 aromatic heterocycles. The summed E-state index contributed by atoms with van der Waals surface area (Å²) in [6.07, 6.45) is 11.6. The van der Waals surface area contributed by atoms with Gasteiger partial charge in [-0.15, -0.1) is 11.3 Å². The zero-order valence-electron chi connectivity index (χ0n) is 18.8. The van der Waals surface area contributed by atoms with Crippen molar-refractivity contribution in [3.63, 3.8) is 0 Å². The van der Waals surface area contributed by atoms with Crippen molar-refractivity contribution in [2.75, 3.05) is 0 Å². The first-order valence-corrected chi connectivity index (χ1v) is 12.3. The van der Waals surface area contributed by atoms with Gasteiger partial charge in [0, 0.05) is 31.7 Å². The van der Waals surface area contributed by atoms with E-state index in [9.17, 15) is 0 Å². The number of allylic oxidation sites excluding steroid dienone is 1. The van der Waals surface area contributed by atoms with Gasteiger partial charge in [-0.2, -0.15) is 4.57 Å². The number of fused-ring (bicyclic) bond motifs is 6. The van der Waals surface area contributed by atoms with Gasteiger partial charge in [0.15, 0.2) is 0 Å². The fraction of sp³-hybridized carbons (Fsp3) is 0.321. The van der Waals surface area contributed by atoms with Crippen LogP contribution in [0.5, 0.6) is 0 Å². The molecule has 2 aromatic carbocycles. The molecule has 0 amide bonds. The van der Waals surface area contributed by atoms with Gasteiger partial charge in [-0.3, -0.25) is 0 Å². The standard InChI is InChI=1S/C28H29N2S/c1-17(2)22-15-24-26(21-11-7-8-12-23(21)31-24)25(18(3)4)27(22)30-14-13-29-16-19-9-5-6-10-20(19)28(29)30/h5-7,9-11,13-15,17-18H,8,12,16H2,1-4H3/q+1. The van der Waals surface area contributed by atoms with Crippen LogP contribution in [-0.2, 0) is 13.0 Å². The lowest BCUT2D eigenvalue weighted by molar-refractivity contribution is -0.671. The van der Waals surface area contributed by atoms with Crippen LogP contribution in [0.2, 0.25) is 0 Å². The second-order valence-corrected chi connectivity index (χ2v) is 10.7. The van der Waals surface area contributed by atoms with Crippen molar-refractivity contribution in [3.05, 3.63) is 75.9 Å². The van der Waals surface area contributed by atoms with Crippen LogP contribution in [0.25, 0.3) is 33.2 Å². The van der Waals surface area contributed by atoms with Gasteiger partial charge in [0.25, 0.3) is 5.82 Å². The van der Waals surface area contributed by atoms with Gasteiger partial charge in [0.05, 0.1) is 5.56 Å². The van der Waals surface area contributed by atoms with Gasteiger partial charge < -0.3 is 0 Å². The van der Waals surface area contributed by atoms with Crippen molar-refractivity contribution < 1.29 is 4.57 Å². The summed E-state index contributed by atoms with van der Waals surface area (Å²) >= 11 is 2.02. The molecule has 1 aliphatic carbocycles. The molecule has 0 spiro atoms. The second-order valence-electron chi connectivity index (χ2n) is 9.57. The van der Waals surface area contributed by atoms with Gasteiger partial charge in [-0.1, -0.05) is 58.0 Å². The summed E-state index contributed by atoms with van der Waals surface area (Å²) in [5, 5.41) is 1.49. The normalized spacial score (nSPS) is 14.5. The molecule has 2 aliphatic rings. The Labute approximate surface area is 188 Å². The third-order valence-corrected chi connectivity index (χ3v) is 8.10. The molecule has 0 saturated heterocycles. The monoisotopic (exact) mass is 425 g/mol. The van der Waals surface area contributed by atoms with Crippen LogP contribution in [0.15, 0.2) is 48.8 Å². The molecular formula is C28H29N2S+. The van der Waals surface area contributed by atoms with Crippen molar-refractivity contribution in [1.29, 1.82) is 0 Å². The highest BCUT2D eigenvalue weighted by molar-refractivity contribution is 7.19. The van der Waals surface area contributed by atoms with Crippen LogP contribution in [0, 0.1) is 0 Å². The minimum Gasteiger partial charge on any atom is -0.225 e. The van der Waals surface area contributed by atoms with E-state index in [-0.39, 0.29) is 0 Å². The zero-order chi connectivity index (χ0) is 21.3. The number of rotatable bonds is 3. The summed E-state index contributed by atoms with van der Waals surface area (Å²) in [6.45, 7) is 10.4. The Bertz CT molecular complexity index is 1360. The molecule has 0 N–H and O–H groups in total. The molecule has 31 heavy (non-hydrogen) atoms. The molecule has 0 atom stereocenters. The number of aromatic nitrogens is 2. The minimum atomic E-state index is 0.449. The summed E-state index contributed by atoms with van der Waals surface area (Å²) < 4.78 is 6.36. The Kier molecular flexibility index (Phi) is 4.26. The van der Waals surface area contributed by atoms with Gasteiger partial charge in [0.2, 0.25) is 0 Å². The zero-order valence-corrected chi connectivity index (χ0v) is 19.6. The highest BCUT2D eigenvalue weighted by Gasteiger charge is 2.34. The third-order valence-electron chi connectivity index (χ3n) is 6.89. The van der Waals surface area contributed by atoms with Crippen molar-refractivity contribution in [3.8, 4) is 17.1 Å². The first-order chi connectivity index (χ1) is 15.0. The predicted molar refractivity (Wildman–Crippen MR) is 131 cm³/mol. The summed E-state index contributed by atoms with van der Waals surface area (Å²) in [5.74, 6) is 2.23. The van der Waals surface area contributed by atoms with Crippen LogP contribution in [-0.4, -0.2) is 4.57 Å². The van der Waals surface area contributed by atoms with E-state index in [1.807, 2.05) is 11.3 Å². The molecule has 3 heterocycles. The average Bonchev–Trinajstić information content (AvgIpc) is 3.43. The maximum Gasteiger partial charge on any atom is 0.294 e. The quantitative estimate of drug-likeness (QED) is 0.270. The Morgan fingerprint density at radius 2 is 1.90 bits per heavy atom. The van der Waals surface area contributed by atoms with Gasteiger partial charge in [-0.05, 0) is 42.4 Å². The smallest absolute Gasteiger partial charge is 0.225 e. The second kappa shape index (κ2) is 6.93. The Morgan fingerprint density at radius 3 is 2.71 bits per heavy atom. The van der Waals surface area contributed by atoms with Gasteiger partial charge in [0.1, 0.15) is 24.6 Å². The highest BCUT2D eigenvalue weighted by atomic mass is 32.1. The van der Waals surface area contributed by atoms with Crippen molar-refractivity contribution in [2.24, 2.45) is 0 Å². The van der Waals surface area contributed by atoms with E-state index in [0.29, 0.717) is 11.8 Å². The molecule has 0 saturated carbocycles. The number of imidazole rings is 1. The molecule has 0 bridgehead atoms. The first kappa shape index (κ1) is 19.1. The summed E-state index contributed by atoms with van der Waals surface area (Å²) in [7, 11) is 0. The molecule has 3 heteroatoms. The van der Waals surface area contributed by atoms with Crippen LogP contribution >= 0.6 is 11.3 Å². The maximum atomic E-state index is 2.50. The van der Waals surface area contributed by atoms with E-state index in [4.69, 9.17) is 0 Å². The lowest BCUT2D eigenvalue weighted by Gasteiger charge is -2.20. The third kappa shape index (κ3) is 2.72. The molecule has 1 aliphatic heterocycles. The minimum absolute atomic E-state index is 0.449. The number of benzene rings is 2. The molecule has 0 fully saturated rings. The Morgan fingerprint density at radius 1 is 1.06 bits per heavy atom. The van der Waals surface area contributed by atoms with E-state index < -0.39 is 0 Å². The van der Waals surface area contributed by atoms with Crippen molar-refractivity contribution in [1.82, 2.24) is 4.57 Å². The van der Waals surface area contributed by atoms with E-state index in [1.54, 1.807) is 4.88 Å². The fourth-order valence-electron chi connectivity index (χ4n) is 5.50. The lowest BCUT2D eigenvalue weighted by atomic mass is 9.87. The predicted octanol–water partition coefficient (Wildman–Crippen LogP) is 7.21. The molecule has 156 valence electrons. The number of nitrogens with zero attached hydrogens (tertiary/aromatic N) is 2. The van der Waals surface area contributed by atoms with E-state index in [0.717, 1.165) is 6.54 Å². The number of hydrogen-bond acceptors (Lipinski definition) is 1. The Balaban J connectivity index is 1.74. The average molecular weight is 426 g/mol. The Hall–Kier alpha value is -2.65. The summed E-state index contributed by atoms with van der Waals surface area (Å²) in [6, 6.07) is 11.4. The summed E-state index contributed by atoms with van der Waals surface area (Å²) in [4.78, 5) is 1.56. The molecular weight excluding hydrogens is 396 g/mol. The van der Waals surface area contributed by atoms with Crippen LogP contribution in [0.4, 0.5) is 0 Å². The number of aryl methyl sites for hydroxylation is 1. The van der Waals surface area contributed by atoms with Crippen molar-refractivity contribution in [2.45, 2.75) is 58.9 Å². The largest absolute Gasteiger partial charge is 0.294 e. The maximum absolute atomic E-state index is 2.50. The van der Waals surface area contributed by atoms with Crippen LogP contribution < -0.4 is 4.57 Å². The SMILES string of the molecule is CC(C)c1cc2sc3c(c2c(C(C)C)c1-n1cc[n+]2c1-c1ccccc1C2)C=CCC3. The topological polar surface area (TPSA) is 8.81 Å². The van der Waals surface area contributed by atoms with Crippen molar-refractivity contribution >= 4 is 27.5 Å². The van der Waals surface area contributed by atoms with Crippen LogP contribution in [0.3, 0.4) is 0 Å². The molecule has 2 nitrogen and oxygen atoms in total. The van der Waals surface area contributed by atoms with E-state index in [1.165, 1.54) is 62.3 Å².